The molecule has 0 aliphatic rings. The van der Waals surface area contributed by atoms with Crippen LogP contribution in [0.15, 0.2) is 36.4 Å². The molecule has 0 heterocycles. The lowest BCUT2D eigenvalue weighted by atomic mass is 10.1. The predicted octanol–water partition coefficient (Wildman–Crippen LogP) is 2.48. The maximum Gasteiger partial charge on any atom is 0.394 e. The van der Waals surface area contributed by atoms with E-state index in [4.69, 9.17) is 27.4 Å². The maximum atomic E-state index is 9.85. The van der Waals surface area contributed by atoms with Crippen LogP contribution in [-0.4, -0.2) is 83.4 Å². The molecule has 2 atom stereocenters. The zero-order valence-corrected chi connectivity index (χ0v) is 25.0. The molecule has 11 N–H and O–H groups in total. The number of carboxylic acid groups (broad SMARTS) is 1. The quantitative estimate of drug-likeness (QED) is 0.211. The predicted molar refractivity (Wildman–Crippen MR) is 152 cm³/mol. The van der Waals surface area contributed by atoms with Crippen molar-refractivity contribution >= 4 is 16.4 Å². The fraction of sp³-hybridized carbons (Fsp3) is 0.500. The second-order valence-corrected chi connectivity index (χ2v) is 11.7. The minimum Gasteiger partial charge on any atom is -0.508 e. The summed E-state index contributed by atoms with van der Waals surface area (Å²) in [5.74, 6) is -1.04. The van der Waals surface area contributed by atoms with Crippen molar-refractivity contribution < 1.29 is 58.1 Å². The Kier molecular flexibility index (Phi) is 17.1. The van der Waals surface area contributed by atoms with Gasteiger partial charge in [0.2, 0.25) is 0 Å². The third-order valence-corrected chi connectivity index (χ3v) is 4.27. The molecule has 0 aliphatic heterocycles. The van der Waals surface area contributed by atoms with E-state index in [0.717, 1.165) is 6.92 Å². The number of β-amino-alcohol motifs (C(OH)–C–C–N with tert-alkyl or cyclic N) is 2. The molecular weight excluding hydrogens is 564 g/mol. The number of phenols is 4. The summed E-state index contributed by atoms with van der Waals surface area (Å²) in [6.45, 7) is 13.8. The number of hydrogen-bond acceptors (Lipinski definition) is 11. The van der Waals surface area contributed by atoms with Crippen LogP contribution in [0.3, 0.4) is 0 Å². The monoisotopic (exact) mass is 608 g/mol. The van der Waals surface area contributed by atoms with E-state index in [1.54, 1.807) is 0 Å². The van der Waals surface area contributed by atoms with Crippen LogP contribution < -0.4 is 10.6 Å². The summed E-state index contributed by atoms with van der Waals surface area (Å²) in [5, 5.41) is 70.5. The summed E-state index contributed by atoms with van der Waals surface area (Å²) in [6, 6.07) is 8.22. The number of aliphatic hydroxyl groups is 2. The molecule has 0 aliphatic carbocycles. The maximum absolute atomic E-state index is 9.85. The Labute approximate surface area is 240 Å². The van der Waals surface area contributed by atoms with Gasteiger partial charge in [-0.3, -0.25) is 13.9 Å². The minimum atomic E-state index is -4.67. The highest BCUT2D eigenvalue weighted by atomic mass is 32.3. The zero-order valence-electron chi connectivity index (χ0n) is 24.2. The summed E-state index contributed by atoms with van der Waals surface area (Å²) in [7, 11) is -4.67. The van der Waals surface area contributed by atoms with Crippen molar-refractivity contribution in [2.24, 2.45) is 0 Å². The summed E-state index contributed by atoms with van der Waals surface area (Å²) >= 11 is 0. The van der Waals surface area contributed by atoms with E-state index in [-0.39, 0.29) is 34.1 Å². The van der Waals surface area contributed by atoms with Crippen LogP contribution in [0.4, 0.5) is 0 Å². The molecule has 0 amide bonds. The first-order valence-corrected chi connectivity index (χ1v) is 13.5. The first kappa shape index (κ1) is 40.0. The zero-order chi connectivity index (χ0) is 32.8. The number of aromatic hydroxyl groups is 4. The molecule has 236 valence electrons. The average molecular weight is 609 g/mol. The van der Waals surface area contributed by atoms with Crippen molar-refractivity contribution in [2.45, 2.75) is 71.8 Å². The number of benzene rings is 2. The molecule has 2 unspecified atom stereocenters. The summed E-state index contributed by atoms with van der Waals surface area (Å²) < 4.78 is 31.6. The first-order chi connectivity index (χ1) is 18.3. The fourth-order valence-electron chi connectivity index (χ4n) is 2.66. The smallest absolute Gasteiger partial charge is 0.394 e. The first-order valence-electron chi connectivity index (χ1n) is 12.1. The molecule has 0 saturated carbocycles. The minimum absolute atomic E-state index is 0.0511. The van der Waals surface area contributed by atoms with Crippen LogP contribution in [0.5, 0.6) is 23.0 Å². The summed E-state index contributed by atoms with van der Waals surface area (Å²) in [4.78, 5) is 9.00. The molecule has 0 saturated heterocycles. The number of carbonyl (C=O) groups is 1. The Balaban J connectivity index is 0. The topological polar surface area (TPSA) is 257 Å². The molecule has 0 radical (unpaired) electrons. The third kappa shape index (κ3) is 26.8. The molecule has 2 aromatic rings. The Morgan fingerprint density at radius 2 is 0.878 bits per heavy atom. The van der Waals surface area contributed by atoms with Crippen LogP contribution in [-0.2, 0) is 15.2 Å². The highest BCUT2D eigenvalue weighted by Crippen LogP contribution is 2.25. The molecule has 2 rings (SSSR count). The van der Waals surface area contributed by atoms with E-state index in [2.05, 4.69) is 10.6 Å². The number of nitrogens with one attached hydrogen (secondary N) is 2. The van der Waals surface area contributed by atoms with E-state index < -0.39 is 28.6 Å². The van der Waals surface area contributed by atoms with Crippen LogP contribution in [0, 0.1) is 0 Å². The highest BCUT2D eigenvalue weighted by molar-refractivity contribution is 7.79. The standard InChI is InChI=1S/2C12H19NO3.C2H4O2.H2O4S/c2*1-12(2,3)13-7-11(16)8-4-9(14)6-10(15)5-8;1-2(3)4;1-5(2,3)4/h2*4-6,11,13-16H,7H2,1-3H3;1H3,(H,3,4);(H2,1,2,3,4). The van der Waals surface area contributed by atoms with Gasteiger partial charge in [-0.05, 0) is 76.9 Å². The highest BCUT2D eigenvalue weighted by Gasteiger charge is 2.15. The van der Waals surface area contributed by atoms with Gasteiger partial charge in [-0.2, -0.15) is 8.42 Å². The molecule has 0 spiro atoms. The molecule has 0 aromatic heterocycles. The normalized spacial score (nSPS) is 12.8. The molecular formula is C26H44N2O12S. The van der Waals surface area contributed by atoms with Gasteiger partial charge >= 0.3 is 10.4 Å². The number of carboxylic acids is 1. The van der Waals surface area contributed by atoms with Crippen LogP contribution in [0.25, 0.3) is 0 Å². The van der Waals surface area contributed by atoms with E-state index >= 15 is 0 Å². The Bertz CT molecular complexity index is 1050. The molecule has 0 fully saturated rings. The van der Waals surface area contributed by atoms with Gasteiger partial charge < -0.3 is 46.4 Å². The van der Waals surface area contributed by atoms with E-state index in [1.807, 2.05) is 41.5 Å². The van der Waals surface area contributed by atoms with Crippen molar-refractivity contribution in [3.05, 3.63) is 47.5 Å². The van der Waals surface area contributed by atoms with Crippen molar-refractivity contribution in [1.82, 2.24) is 10.6 Å². The molecule has 14 nitrogen and oxygen atoms in total. The Morgan fingerprint density at radius 3 is 1.05 bits per heavy atom. The largest absolute Gasteiger partial charge is 0.508 e. The van der Waals surface area contributed by atoms with Gasteiger partial charge in [0.1, 0.15) is 23.0 Å². The third-order valence-electron chi connectivity index (χ3n) is 4.27. The fourth-order valence-corrected chi connectivity index (χ4v) is 2.66. The Hall–Kier alpha value is -3.18. The number of rotatable bonds is 6. The van der Waals surface area contributed by atoms with E-state index in [0.29, 0.717) is 24.2 Å². The number of aliphatic carboxylic acids is 1. The van der Waals surface area contributed by atoms with Crippen LogP contribution in [0.1, 0.15) is 71.8 Å². The van der Waals surface area contributed by atoms with Gasteiger partial charge in [0, 0.05) is 43.2 Å². The average Bonchev–Trinajstić information content (AvgIpc) is 2.72. The van der Waals surface area contributed by atoms with Crippen LogP contribution >= 0.6 is 0 Å². The van der Waals surface area contributed by atoms with Crippen LogP contribution in [0.2, 0.25) is 0 Å². The van der Waals surface area contributed by atoms with Crippen molar-refractivity contribution in [1.29, 1.82) is 0 Å². The lowest BCUT2D eigenvalue weighted by Gasteiger charge is -2.23. The SMILES string of the molecule is CC(=O)O.CC(C)(C)NCC(O)c1cc(O)cc(O)c1.CC(C)(C)NCC(O)c1cc(O)cc(O)c1.O=S(=O)(O)O. The van der Waals surface area contributed by atoms with E-state index in [1.165, 1.54) is 36.4 Å². The van der Waals surface area contributed by atoms with Gasteiger partial charge in [-0.15, -0.1) is 0 Å². The lowest BCUT2D eigenvalue weighted by Crippen LogP contribution is -2.38. The number of hydrogen-bond donors (Lipinski definition) is 11. The van der Waals surface area contributed by atoms with Gasteiger partial charge in [0.15, 0.2) is 0 Å². The molecule has 15 heteroatoms. The lowest BCUT2D eigenvalue weighted by molar-refractivity contribution is -0.134. The Morgan fingerprint density at radius 1 is 0.683 bits per heavy atom. The summed E-state index contributed by atoms with van der Waals surface area (Å²) in [6.07, 6.45) is -1.51. The number of phenolic OH excluding ortho intramolecular Hbond substituents is 4. The second-order valence-electron chi connectivity index (χ2n) is 10.8. The van der Waals surface area contributed by atoms with Crippen molar-refractivity contribution in [3.8, 4) is 23.0 Å². The van der Waals surface area contributed by atoms with E-state index in [9.17, 15) is 30.6 Å². The van der Waals surface area contributed by atoms with Gasteiger partial charge in [-0.25, -0.2) is 0 Å². The van der Waals surface area contributed by atoms with Gasteiger partial charge in [0.25, 0.3) is 5.97 Å². The molecule has 0 bridgehead atoms. The van der Waals surface area contributed by atoms with Crippen molar-refractivity contribution in [3.63, 3.8) is 0 Å². The second kappa shape index (κ2) is 17.6. The molecule has 41 heavy (non-hydrogen) atoms. The van der Waals surface area contributed by atoms with Gasteiger partial charge in [0.05, 0.1) is 12.2 Å². The molecule has 2 aromatic carbocycles. The summed E-state index contributed by atoms with van der Waals surface area (Å²) in [5.41, 5.74) is 0.822. The van der Waals surface area contributed by atoms with Crippen molar-refractivity contribution in [2.75, 3.05) is 13.1 Å². The van der Waals surface area contributed by atoms with Gasteiger partial charge in [-0.1, -0.05) is 0 Å². The number of aliphatic hydroxyl groups excluding tert-OH is 2.